The van der Waals surface area contributed by atoms with Crippen LogP contribution < -0.4 is 27.0 Å². The predicted octanol–water partition coefficient (Wildman–Crippen LogP) is 3.04. The number of primary amides is 1. The highest BCUT2D eigenvalue weighted by Gasteiger charge is 2.34. The summed E-state index contributed by atoms with van der Waals surface area (Å²) in [6.07, 6.45) is 5.93. The van der Waals surface area contributed by atoms with Crippen LogP contribution in [0.25, 0.3) is 0 Å². The van der Waals surface area contributed by atoms with Crippen molar-refractivity contribution in [2.24, 2.45) is 23.5 Å². The van der Waals surface area contributed by atoms with Gasteiger partial charge < -0.3 is 36.8 Å². The first-order valence-electron chi connectivity index (χ1n) is 16.4. The number of unbranched alkanes of at least 4 members (excludes halogenated alkanes) is 1. The first kappa shape index (κ1) is 39.1. The first-order chi connectivity index (χ1) is 20.5. The third-order valence-corrected chi connectivity index (χ3v) is 7.91. The van der Waals surface area contributed by atoms with Crippen LogP contribution in [-0.4, -0.2) is 71.2 Å². The van der Waals surface area contributed by atoms with Crippen LogP contribution in [0.4, 0.5) is 4.79 Å². The van der Waals surface area contributed by atoms with Gasteiger partial charge in [-0.15, -0.1) is 0 Å². The smallest absolute Gasteiger partial charge is 0.408 e. The number of aliphatic hydroxyl groups excluding tert-OH is 1. The highest BCUT2D eigenvalue weighted by molar-refractivity contribution is 5.92. The second-order valence-electron chi connectivity index (χ2n) is 13.6. The van der Waals surface area contributed by atoms with Crippen molar-refractivity contribution in [3.63, 3.8) is 0 Å². The zero-order valence-electron chi connectivity index (χ0n) is 28.0. The molecule has 12 nitrogen and oxygen atoms in total. The quantitative estimate of drug-likeness (QED) is 0.126. The van der Waals surface area contributed by atoms with Gasteiger partial charge in [0.2, 0.25) is 23.6 Å². The van der Waals surface area contributed by atoms with Gasteiger partial charge in [0.1, 0.15) is 17.7 Å². The molecule has 254 valence electrons. The van der Waals surface area contributed by atoms with E-state index in [1.165, 1.54) is 6.42 Å². The Balaban J connectivity index is 3.07. The van der Waals surface area contributed by atoms with E-state index in [4.69, 9.17) is 10.5 Å². The van der Waals surface area contributed by atoms with Gasteiger partial charge >= 0.3 is 6.09 Å². The number of carbonyl (C=O) groups excluding carboxylic acids is 5. The maximum absolute atomic E-state index is 13.7. The van der Waals surface area contributed by atoms with Gasteiger partial charge in [0.25, 0.3) is 0 Å². The molecular weight excluding hydrogens is 566 g/mol. The van der Waals surface area contributed by atoms with Crippen molar-refractivity contribution in [1.82, 2.24) is 21.3 Å². The van der Waals surface area contributed by atoms with E-state index in [1.807, 2.05) is 6.92 Å². The summed E-state index contributed by atoms with van der Waals surface area (Å²) in [6.45, 7) is 13.0. The number of aliphatic hydroxyl groups is 1. The van der Waals surface area contributed by atoms with Crippen LogP contribution >= 0.6 is 0 Å². The number of nitrogens with two attached hydrogens (primary N) is 1. The lowest BCUT2D eigenvalue weighted by Gasteiger charge is -2.33. The van der Waals surface area contributed by atoms with E-state index < -0.39 is 59.6 Å². The van der Waals surface area contributed by atoms with E-state index in [0.717, 1.165) is 38.5 Å². The third-order valence-electron chi connectivity index (χ3n) is 7.91. The number of rotatable bonds is 18. The van der Waals surface area contributed by atoms with Crippen molar-refractivity contribution in [3.05, 3.63) is 0 Å². The van der Waals surface area contributed by atoms with E-state index in [2.05, 4.69) is 21.3 Å². The minimum absolute atomic E-state index is 0.0753. The minimum Gasteiger partial charge on any atom is -0.444 e. The maximum Gasteiger partial charge on any atom is 0.408 e. The zero-order chi connectivity index (χ0) is 33.4. The summed E-state index contributed by atoms with van der Waals surface area (Å²) in [4.78, 5) is 63.5. The Bertz CT molecular complexity index is 930. The molecule has 1 rings (SSSR count). The zero-order valence-corrected chi connectivity index (χ0v) is 28.0. The average molecular weight is 626 g/mol. The highest BCUT2D eigenvalue weighted by atomic mass is 16.6. The van der Waals surface area contributed by atoms with E-state index >= 15 is 0 Å². The van der Waals surface area contributed by atoms with Gasteiger partial charge in [0, 0.05) is 18.9 Å². The lowest BCUT2D eigenvalue weighted by molar-refractivity contribution is -0.132. The molecule has 44 heavy (non-hydrogen) atoms. The summed E-state index contributed by atoms with van der Waals surface area (Å²) >= 11 is 0. The number of amides is 5. The van der Waals surface area contributed by atoms with Crippen LogP contribution in [0, 0.1) is 17.8 Å². The van der Waals surface area contributed by atoms with Gasteiger partial charge in [-0.2, -0.15) is 0 Å². The van der Waals surface area contributed by atoms with E-state index in [-0.39, 0.29) is 31.1 Å². The van der Waals surface area contributed by atoms with Gasteiger partial charge in [0.15, 0.2) is 0 Å². The summed E-state index contributed by atoms with van der Waals surface area (Å²) in [6, 6.07) is -2.77. The molecule has 1 saturated carbocycles. The minimum atomic E-state index is -1.16. The fraction of sp³-hybridized carbons (Fsp3) is 0.844. The molecule has 0 radical (unpaired) electrons. The number of nitrogens with one attached hydrogen (secondary N) is 4. The van der Waals surface area contributed by atoms with Crippen LogP contribution in [0.1, 0.15) is 119 Å². The summed E-state index contributed by atoms with van der Waals surface area (Å²) in [5, 5.41) is 22.4. The van der Waals surface area contributed by atoms with Gasteiger partial charge in [-0.05, 0) is 58.3 Å². The molecule has 7 N–H and O–H groups in total. The molecule has 5 atom stereocenters. The van der Waals surface area contributed by atoms with E-state index in [1.54, 1.807) is 41.5 Å². The Morgan fingerprint density at radius 2 is 1.57 bits per heavy atom. The Hall–Kier alpha value is -2.89. The largest absolute Gasteiger partial charge is 0.444 e. The Morgan fingerprint density at radius 3 is 2.11 bits per heavy atom. The molecule has 1 aliphatic rings. The van der Waals surface area contributed by atoms with Crippen LogP contribution in [-0.2, 0) is 23.9 Å². The first-order valence-corrected chi connectivity index (χ1v) is 16.4. The van der Waals surface area contributed by atoms with Crippen molar-refractivity contribution >= 4 is 29.7 Å². The van der Waals surface area contributed by atoms with Gasteiger partial charge in [-0.25, -0.2) is 4.79 Å². The fourth-order valence-electron chi connectivity index (χ4n) is 5.36. The van der Waals surface area contributed by atoms with Crippen molar-refractivity contribution in [1.29, 1.82) is 0 Å². The summed E-state index contributed by atoms with van der Waals surface area (Å²) < 4.78 is 5.27. The molecule has 0 saturated heterocycles. The highest BCUT2D eigenvalue weighted by Crippen LogP contribution is 2.29. The fourth-order valence-corrected chi connectivity index (χ4v) is 5.36. The second kappa shape index (κ2) is 19.5. The van der Waals surface area contributed by atoms with E-state index in [9.17, 15) is 29.1 Å². The molecule has 0 aromatic heterocycles. The SMILES string of the molecule is CCCCNC(=O)[C@H](C)C[C@H](O)[C@H](CC1CCCCC1)NC(=O)[C@@H](NC(=O)[C@H](CCC(N)=O)NC(=O)OC(C)(C)C)C(C)C. The number of hydrogen-bond acceptors (Lipinski definition) is 7. The Morgan fingerprint density at radius 1 is 0.932 bits per heavy atom. The molecule has 0 bridgehead atoms. The number of ether oxygens (including phenoxy) is 1. The monoisotopic (exact) mass is 625 g/mol. The Labute approximate surface area is 263 Å². The summed E-state index contributed by atoms with van der Waals surface area (Å²) in [7, 11) is 0. The topological polar surface area (TPSA) is 189 Å². The van der Waals surface area contributed by atoms with Crippen molar-refractivity contribution in [2.45, 2.75) is 149 Å². The molecule has 0 unspecified atom stereocenters. The van der Waals surface area contributed by atoms with Crippen molar-refractivity contribution in [3.8, 4) is 0 Å². The number of alkyl carbamates (subject to hydrolysis) is 1. The van der Waals surface area contributed by atoms with E-state index in [0.29, 0.717) is 18.9 Å². The summed E-state index contributed by atoms with van der Waals surface area (Å²) in [5.74, 6) is -2.36. The second-order valence-corrected chi connectivity index (χ2v) is 13.6. The van der Waals surface area contributed by atoms with Crippen LogP contribution in [0.15, 0.2) is 0 Å². The molecule has 0 aromatic carbocycles. The molecule has 0 heterocycles. The lowest BCUT2D eigenvalue weighted by Crippen LogP contribution is -2.58. The van der Waals surface area contributed by atoms with Crippen LogP contribution in [0.2, 0.25) is 0 Å². The Kier molecular flexibility index (Phi) is 17.3. The normalized spacial score (nSPS) is 17.5. The predicted molar refractivity (Wildman–Crippen MR) is 169 cm³/mol. The van der Waals surface area contributed by atoms with Crippen molar-refractivity contribution in [2.75, 3.05) is 6.54 Å². The number of carbonyl (C=O) groups is 5. The molecule has 5 amide bonds. The lowest BCUT2D eigenvalue weighted by atomic mass is 9.82. The maximum atomic E-state index is 13.7. The molecular formula is C32H59N5O7. The van der Waals surface area contributed by atoms with Crippen molar-refractivity contribution < 1.29 is 33.8 Å². The molecule has 1 fully saturated rings. The van der Waals surface area contributed by atoms with Gasteiger partial charge in [-0.1, -0.05) is 66.2 Å². The molecule has 1 aliphatic carbocycles. The van der Waals surface area contributed by atoms with Crippen LogP contribution in [0.5, 0.6) is 0 Å². The number of hydrogen-bond donors (Lipinski definition) is 6. The standard InChI is InChI=1S/C32H59N5O7/c1-8-9-17-34-28(40)21(4)18-25(38)24(19-22-13-11-10-12-14-22)35-30(42)27(20(2)3)37-29(41)23(15-16-26(33)39)36-31(43)44-32(5,6)7/h20-25,27,38H,8-19H2,1-7H3,(H2,33,39)(H,34,40)(H,35,42)(H,36,43)(H,37,41)/t21-,23+,24+,25+,27+/m1/s1. The summed E-state index contributed by atoms with van der Waals surface area (Å²) in [5.41, 5.74) is 4.48. The average Bonchev–Trinajstić information content (AvgIpc) is 2.92. The van der Waals surface area contributed by atoms with Gasteiger partial charge in [-0.3, -0.25) is 19.2 Å². The molecule has 0 aromatic rings. The molecule has 0 aliphatic heterocycles. The third kappa shape index (κ3) is 15.7. The molecule has 12 heteroatoms. The molecule has 0 spiro atoms. The van der Waals surface area contributed by atoms with Gasteiger partial charge in [0.05, 0.1) is 12.1 Å². The van der Waals surface area contributed by atoms with Crippen LogP contribution in [0.3, 0.4) is 0 Å².